The van der Waals surface area contributed by atoms with Gasteiger partial charge in [0.2, 0.25) is 5.91 Å². The van der Waals surface area contributed by atoms with E-state index in [2.05, 4.69) is 21.2 Å². The molecule has 0 aliphatic rings. The molecule has 0 saturated carbocycles. The van der Waals surface area contributed by atoms with Gasteiger partial charge >= 0.3 is 6.18 Å². The van der Waals surface area contributed by atoms with Crippen LogP contribution in [0.3, 0.4) is 0 Å². The van der Waals surface area contributed by atoms with Gasteiger partial charge in [0.25, 0.3) is 0 Å². The van der Waals surface area contributed by atoms with Gasteiger partial charge in [0.05, 0.1) is 6.42 Å². The number of rotatable bonds is 3. The molecule has 0 heterocycles. The van der Waals surface area contributed by atoms with Crippen LogP contribution >= 0.6 is 15.9 Å². The lowest BCUT2D eigenvalue weighted by atomic mass is 10.1. The summed E-state index contributed by atoms with van der Waals surface area (Å²) in [5.41, 5.74) is 2.19. The first kappa shape index (κ1) is 15.0. The molecular formula is C12H13BrF3NO. The maximum atomic E-state index is 12.0. The van der Waals surface area contributed by atoms with Crippen LogP contribution in [0, 0.1) is 13.8 Å². The van der Waals surface area contributed by atoms with Gasteiger partial charge in [0.15, 0.2) is 0 Å². The molecule has 0 saturated heterocycles. The van der Waals surface area contributed by atoms with Crippen LogP contribution in [-0.4, -0.2) is 12.1 Å². The molecule has 1 aromatic rings. The Hall–Kier alpha value is -1.04. The third-order valence-electron chi connectivity index (χ3n) is 2.40. The molecule has 18 heavy (non-hydrogen) atoms. The van der Waals surface area contributed by atoms with Crippen molar-refractivity contribution in [1.82, 2.24) is 0 Å². The van der Waals surface area contributed by atoms with Crippen molar-refractivity contribution in [3.05, 3.63) is 27.7 Å². The smallest absolute Gasteiger partial charge is 0.326 e. The molecule has 1 rings (SSSR count). The van der Waals surface area contributed by atoms with Gasteiger partial charge in [-0.25, -0.2) is 0 Å². The highest BCUT2D eigenvalue weighted by molar-refractivity contribution is 9.10. The summed E-state index contributed by atoms with van der Waals surface area (Å²) in [7, 11) is 0. The molecule has 2 nitrogen and oxygen atoms in total. The SMILES string of the molecule is Cc1cc(Br)cc(C)c1NC(=O)CCC(F)(F)F. The summed E-state index contributed by atoms with van der Waals surface area (Å²) >= 11 is 3.31. The van der Waals surface area contributed by atoms with E-state index in [0.717, 1.165) is 15.6 Å². The zero-order chi connectivity index (χ0) is 13.9. The maximum Gasteiger partial charge on any atom is 0.389 e. The average molecular weight is 324 g/mol. The van der Waals surface area contributed by atoms with Crippen molar-refractivity contribution >= 4 is 27.5 Å². The standard InChI is InChI=1S/C12H13BrF3NO/c1-7-5-9(13)6-8(2)11(7)17-10(18)3-4-12(14,15)16/h5-6H,3-4H2,1-2H3,(H,17,18). The van der Waals surface area contributed by atoms with E-state index in [9.17, 15) is 18.0 Å². The lowest BCUT2D eigenvalue weighted by Crippen LogP contribution is -2.17. The van der Waals surface area contributed by atoms with Crippen LogP contribution in [0.4, 0.5) is 18.9 Å². The van der Waals surface area contributed by atoms with E-state index in [4.69, 9.17) is 0 Å². The van der Waals surface area contributed by atoms with Gasteiger partial charge in [0, 0.05) is 16.6 Å². The number of carbonyl (C=O) groups excluding carboxylic acids is 1. The monoisotopic (exact) mass is 323 g/mol. The Morgan fingerprint density at radius 3 is 2.22 bits per heavy atom. The quantitative estimate of drug-likeness (QED) is 0.880. The molecule has 0 spiro atoms. The molecule has 0 fully saturated rings. The Balaban J connectivity index is 2.71. The van der Waals surface area contributed by atoms with Gasteiger partial charge in [-0.2, -0.15) is 13.2 Å². The lowest BCUT2D eigenvalue weighted by Gasteiger charge is -2.13. The number of aryl methyl sites for hydroxylation is 2. The van der Waals surface area contributed by atoms with Crippen LogP contribution in [0.25, 0.3) is 0 Å². The van der Waals surface area contributed by atoms with Crippen LogP contribution < -0.4 is 5.32 Å². The number of hydrogen-bond donors (Lipinski definition) is 1. The van der Waals surface area contributed by atoms with Crippen LogP contribution in [0.5, 0.6) is 0 Å². The van der Waals surface area contributed by atoms with E-state index in [1.807, 2.05) is 0 Å². The molecule has 100 valence electrons. The van der Waals surface area contributed by atoms with Gasteiger partial charge in [-0.3, -0.25) is 4.79 Å². The Labute approximate surface area is 112 Å². The number of nitrogens with one attached hydrogen (secondary N) is 1. The summed E-state index contributed by atoms with van der Waals surface area (Å²) in [6.45, 7) is 3.58. The minimum Gasteiger partial charge on any atom is -0.326 e. The van der Waals surface area contributed by atoms with Gasteiger partial charge < -0.3 is 5.32 Å². The van der Waals surface area contributed by atoms with Gasteiger partial charge in [-0.1, -0.05) is 15.9 Å². The average Bonchev–Trinajstić information content (AvgIpc) is 2.19. The molecule has 0 aliphatic heterocycles. The van der Waals surface area contributed by atoms with Crippen LogP contribution in [0.1, 0.15) is 24.0 Å². The molecule has 0 bridgehead atoms. The summed E-state index contributed by atoms with van der Waals surface area (Å²) in [4.78, 5) is 11.4. The van der Waals surface area contributed by atoms with Crippen molar-refractivity contribution in [1.29, 1.82) is 0 Å². The predicted molar refractivity (Wildman–Crippen MR) is 67.5 cm³/mol. The molecular weight excluding hydrogens is 311 g/mol. The summed E-state index contributed by atoms with van der Waals surface area (Å²) in [6.07, 6.45) is -5.97. The number of alkyl halides is 3. The number of amides is 1. The topological polar surface area (TPSA) is 29.1 Å². The second-order valence-electron chi connectivity index (χ2n) is 4.08. The van der Waals surface area contributed by atoms with E-state index in [-0.39, 0.29) is 0 Å². The van der Waals surface area contributed by atoms with E-state index < -0.39 is 24.9 Å². The minimum atomic E-state index is -4.30. The fraction of sp³-hybridized carbons (Fsp3) is 0.417. The molecule has 1 aromatic carbocycles. The second-order valence-corrected chi connectivity index (χ2v) is 4.99. The van der Waals surface area contributed by atoms with Crippen LogP contribution in [0.2, 0.25) is 0 Å². The van der Waals surface area contributed by atoms with Crippen molar-refractivity contribution in [2.24, 2.45) is 0 Å². The normalized spacial score (nSPS) is 11.4. The summed E-state index contributed by atoms with van der Waals surface area (Å²) in [6, 6.07) is 3.60. The predicted octanol–water partition coefficient (Wildman–Crippen LogP) is 4.35. The lowest BCUT2D eigenvalue weighted by molar-refractivity contribution is -0.142. The maximum absolute atomic E-state index is 12.0. The Bertz CT molecular complexity index is 434. The zero-order valence-corrected chi connectivity index (χ0v) is 11.6. The second kappa shape index (κ2) is 5.73. The van der Waals surface area contributed by atoms with E-state index in [0.29, 0.717) is 5.69 Å². The number of hydrogen-bond acceptors (Lipinski definition) is 1. The third-order valence-corrected chi connectivity index (χ3v) is 2.86. The largest absolute Gasteiger partial charge is 0.389 e. The molecule has 6 heteroatoms. The fourth-order valence-corrected chi connectivity index (χ4v) is 2.25. The van der Waals surface area contributed by atoms with E-state index >= 15 is 0 Å². The molecule has 0 unspecified atom stereocenters. The van der Waals surface area contributed by atoms with E-state index in [1.54, 1.807) is 26.0 Å². The highest BCUT2D eigenvalue weighted by Gasteiger charge is 2.28. The van der Waals surface area contributed by atoms with Gasteiger partial charge in [-0.15, -0.1) is 0 Å². The molecule has 1 amide bonds. The Morgan fingerprint density at radius 1 is 1.28 bits per heavy atom. The minimum absolute atomic E-state index is 0.557. The van der Waals surface area contributed by atoms with Crippen molar-refractivity contribution in [3.63, 3.8) is 0 Å². The number of benzene rings is 1. The summed E-state index contributed by atoms with van der Waals surface area (Å²) < 4.78 is 36.8. The molecule has 0 radical (unpaired) electrons. The van der Waals surface area contributed by atoms with Gasteiger partial charge in [-0.05, 0) is 37.1 Å². The molecule has 0 aromatic heterocycles. The summed E-state index contributed by atoms with van der Waals surface area (Å²) in [5.74, 6) is -0.624. The Kier molecular flexibility index (Phi) is 4.78. The van der Waals surface area contributed by atoms with Crippen molar-refractivity contribution in [3.8, 4) is 0 Å². The first-order valence-electron chi connectivity index (χ1n) is 5.32. The molecule has 0 atom stereocenters. The Morgan fingerprint density at radius 2 is 1.78 bits per heavy atom. The third kappa shape index (κ3) is 4.68. The highest BCUT2D eigenvalue weighted by atomic mass is 79.9. The number of halogens is 4. The summed E-state index contributed by atoms with van der Waals surface area (Å²) in [5, 5.41) is 2.52. The van der Waals surface area contributed by atoms with Crippen LogP contribution in [0.15, 0.2) is 16.6 Å². The first-order chi connectivity index (χ1) is 8.19. The highest BCUT2D eigenvalue weighted by Crippen LogP contribution is 2.26. The fourth-order valence-electron chi connectivity index (χ4n) is 1.57. The number of carbonyl (C=O) groups is 1. The first-order valence-corrected chi connectivity index (χ1v) is 6.11. The van der Waals surface area contributed by atoms with Crippen molar-refractivity contribution in [2.45, 2.75) is 32.9 Å². The molecule has 0 aliphatic carbocycles. The number of anilines is 1. The van der Waals surface area contributed by atoms with E-state index in [1.165, 1.54) is 0 Å². The zero-order valence-electron chi connectivity index (χ0n) is 9.99. The van der Waals surface area contributed by atoms with Crippen LogP contribution in [-0.2, 0) is 4.79 Å². The molecule has 1 N–H and O–H groups in total. The van der Waals surface area contributed by atoms with Crippen molar-refractivity contribution < 1.29 is 18.0 Å². The van der Waals surface area contributed by atoms with Gasteiger partial charge in [0.1, 0.15) is 0 Å². The van der Waals surface area contributed by atoms with Crippen molar-refractivity contribution in [2.75, 3.05) is 5.32 Å².